The summed E-state index contributed by atoms with van der Waals surface area (Å²) in [6, 6.07) is 0. The lowest BCUT2D eigenvalue weighted by Crippen LogP contribution is -2.57. The molecule has 6 nitrogen and oxygen atoms in total. The van der Waals surface area contributed by atoms with Crippen molar-refractivity contribution in [2.75, 3.05) is 25.4 Å². The first-order valence-corrected chi connectivity index (χ1v) is 10.3. The highest BCUT2D eigenvalue weighted by molar-refractivity contribution is 7.92. The van der Waals surface area contributed by atoms with Gasteiger partial charge < -0.3 is 10.2 Å². The molecule has 2 heterocycles. The largest absolute Gasteiger partial charge is 0.357 e. The molecule has 1 aromatic heterocycles. The first-order chi connectivity index (χ1) is 10.7. The minimum absolute atomic E-state index is 0.167. The number of aryl methyl sites for hydroxylation is 2. The minimum Gasteiger partial charge on any atom is -0.357 e. The van der Waals surface area contributed by atoms with Gasteiger partial charge in [0.25, 0.3) is 0 Å². The van der Waals surface area contributed by atoms with Crippen LogP contribution in [0.3, 0.4) is 0 Å². The average Bonchev–Trinajstić information content (AvgIpc) is 2.77. The summed E-state index contributed by atoms with van der Waals surface area (Å²) in [4.78, 5) is 12.4. The Kier molecular flexibility index (Phi) is 5.35. The third kappa shape index (κ3) is 4.03. The van der Waals surface area contributed by atoms with Gasteiger partial charge in [-0.25, -0.2) is 18.4 Å². The Balaban J connectivity index is 2.16. The Morgan fingerprint density at radius 3 is 2.65 bits per heavy atom. The predicted molar refractivity (Wildman–Crippen MR) is 95.8 cm³/mol. The molecular weight excluding hydrogens is 332 g/mol. The molecule has 2 rings (SSSR count). The van der Waals surface area contributed by atoms with Gasteiger partial charge in [-0.05, 0) is 34.6 Å². The lowest BCUT2D eigenvalue weighted by Gasteiger charge is -2.39. The lowest BCUT2D eigenvalue weighted by atomic mass is 10.2. The second-order valence-electron chi connectivity index (χ2n) is 6.42. The third-order valence-corrected chi connectivity index (χ3v) is 7.71. The first-order valence-electron chi connectivity index (χ1n) is 7.85. The quantitative estimate of drug-likeness (QED) is 0.658. The van der Waals surface area contributed by atoms with E-state index in [4.69, 9.17) is 0 Å². The number of aliphatic imine (C=N–C) groups is 1. The SMILES string of the molecule is CCNC(=NCc1nc(C)c(C)s1)N1CCS(=O)(=O)C(C)(C)C1. The molecule has 1 aliphatic heterocycles. The summed E-state index contributed by atoms with van der Waals surface area (Å²) in [6.07, 6.45) is 0. The molecule has 0 amide bonds. The number of nitrogens with one attached hydrogen (secondary N) is 1. The number of rotatable bonds is 3. The van der Waals surface area contributed by atoms with Gasteiger partial charge in [-0.3, -0.25) is 0 Å². The molecule has 0 bridgehead atoms. The molecule has 1 N–H and O–H groups in total. The van der Waals surface area contributed by atoms with Crippen molar-refractivity contribution >= 4 is 27.1 Å². The van der Waals surface area contributed by atoms with Crippen molar-refractivity contribution in [2.45, 2.75) is 45.9 Å². The number of sulfone groups is 1. The lowest BCUT2D eigenvalue weighted by molar-refractivity contribution is 0.353. The fraction of sp³-hybridized carbons (Fsp3) is 0.733. The monoisotopic (exact) mass is 358 g/mol. The van der Waals surface area contributed by atoms with Crippen LogP contribution in [0.25, 0.3) is 0 Å². The van der Waals surface area contributed by atoms with Gasteiger partial charge in [0.1, 0.15) is 5.01 Å². The highest BCUT2D eigenvalue weighted by Gasteiger charge is 2.40. The number of hydrogen-bond donors (Lipinski definition) is 1. The van der Waals surface area contributed by atoms with Gasteiger partial charge in [-0.2, -0.15) is 0 Å². The molecule has 8 heteroatoms. The van der Waals surface area contributed by atoms with Gasteiger partial charge in [0.15, 0.2) is 15.8 Å². The molecule has 0 saturated carbocycles. The smallest absolute Gasteiger partial charge is 0.194 e. The van der Waals surface area contributed by atoms with Crippen molar-refractivity contribution < 1.29 is 8.42 Å². The van der Waals surface area contributed by atoms with E-state index in [-0.39, 0.29) is 5.75 Å². The van der Waals surface area contributed by atoms with Crippen LogP contribution in [-0.2, 0) is 16.4 Å². The summed E-state index contributed by atoms with van der Waals surface area (Å²) in [7, 11) is -3.05. The topological polar surface area (TPSA) is 74.7 Å². The number of nitrogens with zero attached hydrogens (tertiary/aromatic N) is 3. The van der Waals surface area contributed by atoms with Crippen LogP contribution in [0.15, 0.2) is 4.99 Å². The Morgan fingerprint density at radius 2 is 2.13 bits per heavy atom. The minimum atomic E-state index is -3.05. The van der Waals surface area contributed by atoms with Crippen molar-refractivity contribution in [3.05, 3.63) is 15.6 Å². The van der Waals surface area contributed by atoms with Crippen LogP contribution >= 0.6 is 11.3 Å². The number of hydrogen-bond acceptors (Lipinski definition) is 5. The zero-order valence-corrected chi connectivity index (χ0v) is 16.1. The molecule has 0 aromatic carbocycles. The molecule has 1 fully saturated rings. The zero-order chi connectivity index (χ0) is 17.3. The molecule has 1 saturated heterocycles. The number of aromatic nitrogens is 1. The van der Waals surface area contributed by atoms with Crippen molar-refractivity contribution in [3.8, 4) is 0 Å². The number of thiazole rings is 1. The normalized spacial score (nSPS) is 20.6. The van der Waals surface area contributed by atoms with Crippen molar-refractivity contribution in [2.24, 2.45) is 4.99 Å². The summed E-state index contributed by atoms with van der Waals surface area (Å²) in [5.41, 5.74) is 1.05. The van der Waals surface area contributed by atoms with E-state index < -0.39 is 14.6 Å². The molecule has 0 atom stereocenters. The van der Waals surface area contributed by atoms with Crippen LogP contribution in [0.4, 0.5) is 0 Å². The molecule has 1 aliphatic rings. The maximum absolute atomic E-state index is 12.2. The zero-order valence-electron chi connectivity index (χ0n) is 14.5. The van der Waals surface area contributed by atoms with Gasteiger partial charge in [0.2, 0.25) is 0 Å². The van der Waals surface area contributed by atoms with Gasteiger partial charge in [-0.15, -0.1) is 11.3 Å². The van der Waals surface area contributed by atoms with E-state index in [1.165, 1.54) is 4.88 Å². The van der Waals surface area contributed by atoms with Crippen LogP contribution in [0.1, 0.15) is 36.3 Å². The van der Waals surface area contributed by atoms with Gasteiger partial charge in [0, 0.05) is 24.5 Å². The Morgan fingerprint density at radius 1 is 1.43 bits per heavy atom. The molecule has 0 unspecified atom stereocenters. The van der Waals surface area contributed by atoms with Crippen LogP contribution in [0.2, 0.25) is 0 Å². The van der Waals surface area contributed by atoms with E-state index in [2.05, 4.69) is 22.2 Å². The fourth-order valence-electron chi connectivity index (χ4n) is 2.50. The standard InChI is InChI=1S/C15H26N4O2S2/c1-6-16-14(17-9-13-18-11(2)12(3)22-13)19-7-8-23(20,21)15(4,5)10-19/h6-10H2,1-5H3,(H,16,17). The average molecular weight is 359 g/mol. The van der Waals surface area contributed by atoms with E-state index in [9.17, 15) is 8.42 Å². The first kappa shape index (κ1) is 18.2. The predicted octanol–water partition coefficient (Wildman–Crippen LogP) is 1.73. The molecule has 0 aliphatic carbocycles. The van der Waals surface area contributed by atoms with Crippen molar-refractivity contribution in [3.63, 3.8) is 0 Å². The third-order valence-electron chi connectivity index (χ3n) is 4.11. The van der Waals surface area contributed by atoms with E-state index >= 15 is 0 Å². The second kappa shape index (κ2) is 6.76. The van der Waals surface area contributed by atoms with Gasteiger partial charge in [-0.1, -0.05) is 0 Å². The fourth-order valence-corrected chi connectivity index (χ4v) is 4.72. The summed E-state index contributed by atoms with van der Waals surface area (Å²) >= 11 is 1.66. The van der Waals surface area contributed by atoms with Gasteiger partial charge >= 0.3 is 0 Å². The van der Waals surface area contributed by atoms with Crippen LogP contribution in [0, 0.1) is 13.8 Å². The molecule has 1 aromatic rings. The molecule has 23 heavy (non-hydrogen) atoms. The molecule has 0 spiro atoms. The molecule has 0 radical (unpaired) electrons. The maximum Gasteiger partial charge on any atom is 0.194 e. The van der Waals surface area contributed by atoms with Crippen LogP contribution < -0.4 is 5.32 Å². The Labute approximate surface area is 142 Å². The van der Waals surface area contributed by atoms with E-state index in [1.54, 1.807) is 25.2 Å². The maximum atomic E-state index is 12.2. The van der Waals surface area contributed by atoms with Crippen LogP contribution in [-0.4, -0.2) is 54.4 Å². The summed E-state index contributed by atoms with van der Waals surface area (Å²) in [5, 5.41) is 4.25. The van der Waals surface area contributed by atoms with Crippen molar-refractivity contribution in [1.82, 2.24) is 15.2 Å². The molecule has 130 valence electrons. The van der Waals surface area contributed by atoms with Crippen LogP contribution in [0.5, 0.6) is 0 Å². The molecular formula is C15H26N4O2S2. The summed E-state index contributed by atoms with van der Waals surface area (Å²) in [6.45, 7) is 11.8. The summed E-state index contributed by atoms with van der Waals surface area (Å²) < 4.78 is 23.6. The van der Waals surface area contributed by atoms with E-state index in [0.717, 1.165) is 23.2 Å². The summed E-state index contributed by atoms with van der Waals surface area (Å²) in [5.74, 6) is 0.931. The Bertz CT molecular complexity index is 673. The Hall–Kier alpha value is -1.15. The highest BCUT2D eigenvalue weighted by atomic mass is 32.2. The second-order valence-corrected chi connectivity index (χ2v) is 10.5. The van der Waals surface area contributed by atoms with Gasteiger partial charge in [0.05, 0.1) is 22.7 Å². The van der Waals surface area contributed by atoms with E-state index in [1.807, 2.05) is 18.7 Å². The highest BCUT2D eigenvalue weighted by Crippen LogP contribution is 2.24. The van der Waals surface area contributed by atoms with E-state index in [0.29, 0.717) is 19.6 Å². The van der Waals surface area contributed by atoms with Crippen molar-refractivity contribution in [1.29, 1.82) is 0 Å². The number of guanidine groups is 1.